The van der Waals surface area contributed by atoms with Crippen molar-refractivity contribution in [1.82, 2.24) is 0 Å². The lowest BCUT2D eigenvalue weighted by molar-refractivity contribution is -0.132. The summed E-state index contributed by atoms with van der Waals surface area (Å²) in [6.07, 6.45) is -0.0991. The van der Waals surface area contributed by atoms with Crippen molar-refractivity contribution in [2.75, 3.05) is 19.1 Å². The van der Waals surface area contributed by atoms with Crippen molar-refractivity contribution in [3.63, 3.8) is 0 Å². The maximum atomic E-state index is 13.5. The molecule has 0 aliphatic carbocycles. The Morgan fingerprint density at radius 1 is 0.973 bits per heavy atom. The minimum Gasteiger partial charge on any atom is -0.506 e. The molecule has 1 N–H and O–H groups in total. The van der Waals surface area contributed by atoms with Crippen LogP contribution in [0.25, 0.3) is 5.76 Å². The highest BCUT2D eigenvalue weighted by Crippen LogP contribution is 2.45. The molecule has 1 heterocycles. The molecule has 4 rings (SSSR count). The van der Waals surface area contributed by atoms with Crippen LogP contribution in [0.2, 0.25) is 0 Å². The van der Waals surface area contributed by atoms with Crippen LogP contribution in [-0.4, -0.2) is 37.1 Å². The van der Waals surface area contributed by atoms with Crippen LogP contribution >= 0.6 is 0 Å². The molecule has 0 radical (unpaired) electrons. The Morgan fingerprint density at radius 2 is 1.59 bits per heavy atom. The zero-order valence-electron chi connectivity index (χ0n) is 20.9. The summed E-state index contributed by atoms with van der Waals surface area (Å²) in [5.41, 5.74) is 1.39. The molecule has 1 aliphatic heterocycles. The lowest BCUT2D eigenvalue weighted by Gasteiger charge is -2.26. The van der Waals surface area contributed by atoms with Crippen molar-refractivity contribution in [1.29, 1.82) is 5.26 Å². The summed E-state index contributed by atoms with van der Waals surface area (Å²) in [4.78, 5) is 28.2. The van der Waals surface area contributed by atoms with Gasteiger partial charge in [-0.2, -0.15) is 5.26 Å². The molecule has 0 spiro atoms. The molecule has 1 aliphatic rings. The van der Waals surface area contributed by atoms with Gasteiger partial charge in [-0.1, -0.05) is 18.2 Å². The number of aliphatic hydroxyl groups is 1. The average molecular weight is 499 g/mol. The Bertz CT molecular complexity index is 1400. The number of carbonyl (C=O) groups is 2. The van der Waals surface area contributed by atoms with Crippen molar-refractivity contribution in [3.05, 3.63) is 89.0 Å². The van der Waals surface area contributed by atoms with E-state index in [0.717, 1.165) is 0 Å². The summed E-state index contributed by atoms with van der Waals surface area (Å²) in [7, 11) is 2.87. The number of carbonyl (C=O) groups excluding carboxylic acids is 2. The monoisotopic (exact) mass is 498 g/mol. The molecule has 0 aromatic heterocycles. The van der Waals surface area contributed by atoms with E-state index in [-0.39, 0.29) is 28.7 Å². The summed E-state index contributed by atoms with van der Waals surface area (Å²) in [6, 6.07) is 19.3. The van der Waals surface area contributed by atoms with Crippen LogP contribution in [-0.2, 0) is 9.59 Å². The molecule has 188 valence electrons. The third kappa shape index (κ3) is 4.71. The number of ketones is 1. The third-order valence-corrected chi connectivity index (χ3v) is 5.93. The molecule has 1 unspecified atom stereocenters. The van der Waals surface area contributed by atoms with Gasteiger partial charge in [0.05, 0.1) is 43.6 Å². The third-order valence-electron chi connectivity index (χ3n) is 5.93. The molecular weight excluding hydrogens is 472 g/mol. The second kappa shape index (κ2) is 10.5. The number of anilines is 1. The standard InChI is InChI=1S/C29H26N2O6/c1-17(2)37-21-8-5-7-19(15-21)26-25(27(32)24-22(35-3)9-6-10-23(24)36-4)28(33)29(34)31(26)20-13-11-18(16-30)12-14-20/h5-15,17,26,32H,1-4H3/b27-25+. The number of benzene rings is 3. The molecular formula is C29H26N2O6. The number of hydrogen-bond donors (Lipinski definition) is 1. The number of Topliss-reactive ketones (excluding diaryl/α,β-unsaturated/α-hetero) is 1. The minimum absolute atomic E-state index is 0.0991. The first-order chi connectivity index (χ1) is 17.8. The predicted octanol–water partition coefficient (Wildman–Crippen LogP) is 4.99. The van der Waals surface area contributed by atoms with Gasteiger partial charge in [0.15, 0.2) is 0 Å². The van der Waals surface area contributed by atoms with Gasteiger partial charge in [0, 0.05) is 5.69 Å². The molecule has 1 atom stereocenters. The van der Waals surface area contributed by atoms with Crippen LogP contribution < -0.4 is 19.1 Å². The van der Waals surface area contributed by atoms with E-state index < -0.39 is 23.5 Å². The van der Waals surface area contributed by atoms with Crippen molar-refractivity contribution in [2.45, 2.75) is 26.0 Å². The molecule has 37 heavy (non-hydrogen) atoms. The SMILES string of the molecule is COc1cccc(OC)c1/C(O)=C1\C(=O)C(=O)N(c2ccc(C#N)cc2)C1c1cccc(OC(C)C)c1. The number of nitrogens with zero attached hydrogens (tertiary/aromatic N) is 2. The second-order valence-corrected chi connectivity index (χ2v) is 8.60. The van der Waals surface area contributed by atoms with E-state index in [1.807, 2.05) is 19.9 Å². The Labute approximate surface area is 214 Å². The maximum absolute atomic E-state index is 13.5. The fourth-order valence-electron chi connectivity index (χ4n) is 4.36. The van der Waals surface area contributed by atoms with Gasteiger partial charge in [0.2, 0.25) is 0 Å². The zero-order valence-corrected chi connectivity index (χ0v) is 20.9. The summed E-state index contributed by atoms with van der Waals surface area (Å²) >= 11 is 0. The fourth-order valence-corrected chi connectivity index (χ4v) is 4.36. The molecule has 1 amide bonds. The maximum Gasteiger partial charge on any atom is 0.300 e. The topological polar surface area (TPSA) is 109 Å². The summed E-state index contributed by atoms with van der Waals surface area (Å²) in [6.45, 7) is 3.78. The lowest BCUT2D eigenvalue weighted by atomic mass is 9.94. The highest BCUT2D eigenvalue weighted by Gasteiger charge is 2.47. The number of rotatable bonds is 7. The number of ether oxygens (including phenoxy) is 3. The van der Waals surface area contributed by atoms with E-state index in [9.17, 15) is 20.0 Å². The normalized spacial score (nSPS) is 16.5. The highest BCUT2D eigenvalue weighted by atomic mass is 16.5. The number of amides is 1. The van der Waals surface area contributed by atoms with Gasteiger partial charge >= 0.3 is 0 Å². The van der Waals surface area contributed by atoms with Crippen LogP contribution in [0.3, 0.4) is 0 Å². The van der Waals surface area contributed by atoms with Crippen LogP contribution in [0.1, 0.15) is 36.6 Å². The fraction of sp³-hybridized carbons (Fsp3) is 0.207. The minimum atomic E-state index is -0.988. The van der Waals surface area contributed by atoms with E-state index in [1.54, 1.807) is 66.7 Å². The van der Waals surface area contributed by atoms with Crippen molar-refractivity contribution in [2.24, 2.45) is 0 Å². The van der Waals surface area contributed by atoms with Crippen molar-refractivity contribution >= 4 is 23.1 Å². The van der Waals surface area contributed by atoms with Gasteiger partial charge in [-0.3, -0.25) is 14.5 Å². The Morgan fingerprint density at radius 3 is 2.16 bits per heavy atom. The largest absolute Gasteiger partial charge is 0.506 e. The smallest absolute Gasteiger partial charge is 0.300 e. The van der Waals surface area contributed by atoms with E-state index in [1.165, 1.54) is 19.1 Å². The molecule has 3 aromatic carbocycles. The van der Waals surface area contributed by atoms with E-state index >= 15 is 0 Å². The first kappa shape index (κ1) is 25.3. The van der Waals surface area contributed by atoms with Crippen molar-refractivity contribution in [3.8, 4) is 23.3 Å². The number of methoxy groups -OCH3 is 2. The molecule has 3 aromatic rings. The van der Waals surface area contributed by atoms with Gasteiger partial charge in [-0.15, -0.1) is 0 Å². The van der Waals surface area contributed by atoms with Crippen LogP contribution in [0.5, 0.6) is 17.2 Å². The van der Waals surface area contributed by atoms with E-state index in [2.05, 4.69) is 0 Å². The Balaban J connectivity index is 1.99. The summed E-state index contributed by atoms with van der Waals surface area (Å²) in [5.74, 6) is -1.01. The quantitative estimate of drug-likeness (QED) is 0.278. The zero-order chi connectivity index (χ0) is 26.7. The molecule has 8 nitrogen and oxygen atoms in total. The summed E-state index contributed by atoms with van der Waals surface area (Å²) in [5, 5.41) is 20.8. The molecule has 0 saturated carbocycles. The molecule has 0 bridgehead atoms. The van der Waals surface area contributed by atoms with Crippen LogP contribution in [0, 0.1) is 11.3 Å². The van der Waals surface area contributed by atoms with Gasteiger partial charge in [0.1, 0.15) is 28.6 Å². The predicted molar refractivity (Wildman–Crippen MR) is 138 cm³/mol. The van der Waals surface area contributed by atoms with Crippen molar-refractivity contribution < 1.29 is 28.9 Å². The van der Waals surface area contributed by atoms with E-state index in [0.29, 0.717) is 22.6 Å². The van der Waals surface area contributed by atoms with Gasteiger partial charge in [0.25, 0.3) is 11.7 Å². The highest BCUT2D eigenvalue weighted by molar-refractivity contribution is 6.51. The van der Waals surface area contributed by atoms with Gasteiger partial charge in [-0.25, -0.2) is 0 Å². The molecule has 1 fully saturated rings. The lowest BCUT2D eigenvalue weighted by Crippen LogP contribution is -2.29. The number of hydrogen-bond acceptors (Lipinski definition) is 7. The molecule has 8 heteroatoms. The van der Waals surface area contributed by atoms with Crippen LogP contribution in [0.4, 0.5) is 5.69 Å². The first-order valence-electron chi connectivity index (χ1n) is 11.6. The van der Waals surface area contributed by atoms with Crippen LogP contribution in [0.15, 0.2) is 72.3 Å². The number of aliphatic hydroxyl groups excluding tert-OH is 1. The Kier molecular flexibility index (Phi) is 7.16. The first-order valence-corrected chi connectivity index (χ1v) is 11.6. The summed E-state index contributed by atoms with van der Waals surface area (Å²) < 4.78 is 16.7. The van der Waals surface area contributed by atoms with Gasteiger partial charge < -0.3 is 19.3 Å². The van der Waals surface area contributed by atoms with Gasteiger partial charge in [-0.05, 0) is 67.9 Å². The number of nitriles is 1. The van der Waals surface area contributed by atoms with E-state index in [4.69, 9.17) is 14.2 Å². The molecule has 1 saturated heterocycles. The average Bonchev–Trinajstić information content (AvgIpc) is 3.17. The second-order valence-electron chi connectivity index (χ2n) is 8.60. The Hall–Kier alpha value is -4.77.